The van der Waals surface area contributed by atoms with Gasteiger partial charge in [-0.3, -0.25) is 14.9 Å². The first-order valence-electron chi connectivity index (χ1n) is 8.61. The first-order valence-corrected chi connectivity index (χ1v) is 8.61. The van der Waals surface area contributed by atoms with Crippen molar-refractivity contribution >= 4 is 5.91 Å². The molecule has 1 fully saturated rings. The van der Waals surface area contributed by atoms with E-state index in [1.165, 1.54) is 12.0 Å². The van der Waals surface area contributed by atoms with E-state index in [0.717, 1.165) is 56.3 Å². The van der Waals surface area contributed by atoms with Gasteiger partial charge in [-0.2, -0.15) is 5.10 Å². The van der Waals surface area contributed by atoms with Gasteiger partial charge in [0, 0.05) is 30.2 Å². The second-order valence-electron chi connectivity index (χ2n) is 6.53. The zero-order valence-corrected chi connectivity index (χ0v) is 13.3. The number of likely N-dealkylation sites (tertiary alicyclic amines) is 1. The Balaban J connectivity index is 1.67. The lowest BCUT2D eigenvalue weighted by Gasteiger charge is -2.30. The minimum Gasteiger partial charge on any atom is -0.330 e. The number of hydrogen-bond acceptors (Lipinski definition) is 3. The van der Waals surface area contributed by atoms with Crippen LogP contribution in [0.15, 0.2) is 24.5 Å². The smallest absolute Gasteiger partial charge is 0.275 e. The van der Waals surface area contributed by atoms with E-state index in [9.17, 15) is 4.79 Å². The van der Waals surface area contributed by atoms with Gasteiger partial charge in [0.1, 0.15) is 0 Å². The Hall–Kier alpha value is -2.17. The molecule has 0 aromatic carbocycles. The van der Waals surface area contributed by atoms with Crippen molar-refractivity contribution in [2.45, 2.75) is 51.0 Å². The number of nitrogens with zero attached hydrogens (tertiary/aromatic N) is 3. The molecule has 0 radical (unpaired) electrons. The standard InChI is InChI=1S/C18H22N4O/c23-18(17-14-5-4-6-15(14)20-21-17)22-12-3-1-2-7-16(22)13-8-10-19-11-9-13/h8-11,16H,1-7,12H2,(H,20,21). The van der Waals surface area contributed by atoms with Crippen molar-refractivity contribution in [3.8, 4) is 0 Å². The summed E-state index contributed by atoms with van der Waals surface area (Å²) in [6, 6.07) is 4.21. The van der Waals surface area contributed by atoms with Gasteiger partial charge in [-0.15, -0.1) is 0 Å². The number of aromatic amines is 1. The predicted octanol–water partition coefficient (Wildman–Crippen LogP) is 3.05. The van der Waals surface area contributed by atoms with Crippen LogP contribution in [0, 0.1) is 0 Å². The Kier molecular flexibility index (Phi) is 3.85. The average Bonchev–Trinajstić information content (AvgIpc) is 3.11. The van der Waals surface area contributed by atoms with Crippen LogP contribution in [-0.4, -0.2) is 32.5 Å². The van der Waals surface area contributed by atoms with Gasteiger partial charge in [-0.25, -0.2) is 0 Å². The van der Waals surface area contributed by atoms with Gasteiger partial charge >= 0.3 is 0 Å². The van der Waals surface area contributed by atoms with Gasteiger partial charge < -0.3 is 4.90 Å². The van der Waals surface area contributed by atoms with Crippen molar-refractivity contribution in [3.63, 3.8) is 0 Å². The highest BCUT2D eigenvalue weighted by atomic mass is 16.2. The zero-order chi connectivity index (χ0) is 15.6. The van der Waals surface area contributed by atoms with E-state index >= 15 is 0 Å². The van der Waals surface area contributed by atoms with Crippen molar-refractivity contribution < 1.29 is 4.79 Å². The summed E-state index contributed by atoms with van der Waals surface area (Å²) in [7, 11) is 0. The van der Waals surface area contributed by atoms with Gasteiger partial charge in [-0.1, -0.05) is 12.8 Å². The highest BCUT2D eigenvalue weighted by Crippen LogP contribution is 2.32. The lowest BCUT2D eigenvalue weighted by atomic mass is 10.0. The Morgan fingerprint density at radius 2 is 2.00 bits per heavy atom. The number of fused-ring (bicyclic) bond motifs is 1. The fourth-order valence-electron chi connectivity index (χ4n) is 3.92. The lowest BCUT2D eigenvalue weighted by molar-refractivity contribution is 0.0673. The number of carbonyl (C=O) groups is 1. The van der Waals surface area contributed by atoms with Gasteiger partial charge in [0.2, 0.25) is 0 Å². The summed E-state index contributed by atoms with van der Waals surface area (Å²) < 4.78 is 0. The molecule has 2 aliphatic rings. The summed E-state index contributed by atoms with van der Waals surface area (Å²) in [5.74, 6) is 0.0908. The molecule has 3 heterocycles. The molecule has 1 saturated heterocycles. The molecule has 0 bridgehead atoms. The van der Waals surface area contributed by atoms with E-state index in [-0.39, 0.29) is 11.9 Å². The van der Waals surface area contributed by atoms with E-state index in [2.05, 4.69) is 15.2 Å². The molecule has 5 nitrogen and oxygen atoms in total. The summed E-state index contributed by atoms with van der Waals surface area (Å²) in [6.07, 6.45) is 11.2. The van der Waals surface area contributed by atoms with Crippen molar-refractivity contribution in [1.29, 1.82) is 0 Å². The lowest BCUT2D eigenvalue weighted by Crippen LogP contribution is -2.35. The summed E-state index contributed by atoms with van der Waals surface area (Å²) in [4.78, 5) is 19.3. The minimum atomic E-state index is 0.0908. The SMILES string of the molecule is O=C(c1n[nH]c2c1CCC2)N1CCCCCC1c1ccncc1. The molecule has 1 N–H and O–H groups in total. The molecule has 1 unspecified atom stereocenters. The maximum Gasteiger partial charge on any atom is 0.275 e. The van der Waals surface area contributed by atoms with E-state index in [1.54, 1.807) is 0 Å². The molecule has 1 aliphatic heterocycles. The summed E-state index contributed by atoms with van der Waals surface area (Å²) in [5, 5.41) is 7.41. The quantitative estimate of drug-likeness (QED) is 0.927. The second-order valence-corrected chi connectivity index (χ2v) is 6.53. The molecule has 120 valence electrons. The number of aryl methyl sites for hydroxylation is 1. The van der Waals surface area contributed by atoms with Crippen LogP contribution in [0.2, 0.25) is 0 Å². The van der Waals surface area contributed by atoms with Crippen LogP contribution >= 0.6 is 0 Å². The normalized spacial score (nSPS) is 21.0. The number of pyridine rings is 1. The molecule has 2 aromatic rings. The number of amides is 1. The molecule has 0 spiro atoms. The first kappa shape index (κ1) is 14.4. The highest BCUT2D eigenvalue weighted by molar-refractivity contribution is 5.94. The Morgan fingerprint density at radius 3 is 2.87 bits per heavy atom. The van der Waals surface area contributed by atoms with E-state index in [1.807, 2.05) is 29.4 Å². The Bertz CT molecular complexity index is 694. The Labute approximate surface area is 136 Å². The maximum atomic E-state index is 13.2. The number of carbonyl (C=O) groups excluding carboxylic acids is 1. The number of rotatable bonds is 2. The van der Waals surface area contributed by atoms with Crippen molar-refractivity contribution in [3.05, 3.63) is 47.0 Å². The van der Waals surface area contributed by atoms with Crippen LogP contribution in [0.4, 0.5) is 0 Å². The predicted molar refractivity (Wildman–Crippen MR) is 87.1 cm³/mol. The largest absolute Gasteiger partial charge is 0.330 e. The fraction of sp³-hybridized carbons (Fsp3) is 0.500. The first-order chi connectivity index (χ1) is 11.3. The van der Waals surface area contributed by atoms with Gasteiger partial charge in [-0.05, 0) is 49.8 Å². The van der Waals surface area contributed by atoms with Gasteiger partial charge in [0.25, 0.3) is 5.91 Å². The monoisotopic (exact) mass is 310 g/mol. The summed E-state index contributed by atoms with van der Waals surface area (Å²) in [5.41, 5.74) is 4.14. The fourth-order valence-corrected chi connectivity index (χ4v) is 3.92. The summed E-state index contributed by atoms with van der Waals surface area (Å²) in [6.45, 7) is 0.813. The molecule has 0 saturated carbocycles. The molecular weight excluding hydrogens is 288 g/mol. The van der Waals surface area contributed by atoms with Gasteiger partial charge in [0.05, 0.1) is 6.04 Å². The molecule has 4 rings (SSSR count). The maximum absolute atomic E-state index is 13.2. The number of aromatic nitrogens is 3. The molecule has 1 aliphatic carbocycles. The Morgan fingerprint density at radius 1 is 1.13 bits per heavy atom. The van der Waals surface area contributed by atoms with Crippen LogP contribution in [0.5, 0.6) is 0 Å². The molecule has 23 heavy (non-hydrogen) atoms. The van der Waals surface area contributed by atoms with Crippen LogP contribution in [0.1, 0.15) is 65.5 Å². The molecule has 1 atom stereocenters. The van der Waals surface area contributed by atoms with E-state index in [4.69, 9.17) is 0 Å². The number of H-pyrrole nitrogens is 1. The van der Waals surface area contributed by atoms with Crippen LogP contribution in [-0.2, 0) is 12.8 Å². The molecule has 5 heteroatoms. The van der Waals surface area contributed by atoms with Crippen molar-refractivity contribution in [2.24, 2.45) is 0 Å². The van der Waals surface area contributed by atoms with E-state index in [0.29, 0.717) is 5.69 Å². The van der Waals surface area contributed by atoms with Gasteiger partial charge in [0.15, 0.2) is 5.69 Å². The third kappa shape index (κ3) is 2.64. The third-order valence-electron chi connectivity index (χ3n) is 5.11. The second kappa shape index (κ2) is 6.14. The minimum absolute atomic E-state index is 0.0908. The topological polar surface area (TPSA) is 61.9 Å². The number of hydrogen-bond donors (Lipinski definition) is 1. The number of nitrogens with one attached hydrogen (secondary N) is 1. The van der Waals surface area contributed by atoms with E-state index < -0.39 is 0 Å². The average molecular weight is 310 g/mol. The summed E-state index contributed by atoms with van der Waals surface area (Å²) >= 11 is 0. The van der Waals surface area contributed by atoms with Crippen LogP contribution in [0.3, 0.4) is 0 Å². The molecule has 2 aromatic heterocycles. The van der Waals surface area contributed by atoms with Crippen LogP contribution in [0.25, 0.3) is 0 Å². The van der Waals surface area contributed by atoms with Crippen LogP contribution < -0.4 is 0 Å². The molecule has 1 amide bonds. The third-order valence-corrected chi connectivity index (χ3v) is 5.11. The van der Waals surface area contributed by atoms with Crippen molar-refractivity contribution in [1.82, 2.24) is 20.1 Å². The zero-order valence-electron chi connectivity index (χ0n) is 13.3. The molecular formula is C18H22N4O. The van der Waals surface area contributed by atoms with Crippen molar-refractivity contribution in [2.75, 3.05) is 6.54 Å². The highest BCUT2D eigenvalue weighted by Gasteiger charge is 2.32.